The Morgan fingerprint density at radius 2 is 1.92 bits per heavy atom. The number of ketones is 1. The average Bonchev–Trinajstić information content (AvgIpc) is 3.43. The van der Waals surface area contributed by atoms with Crippen molar-refractivity contribution in [3.63, 3.8) is 0 Å². The van der Waals surface area contributed by atoms with Crippen LogP contribution in [0.25, 0.3) is 0 Å². The van der Waals surface area contributed by atoms with E-state index < -0.39 is 16.8 Å². The van der Waals surface area contributed by atoms with Gasteiger partial charge in [0.15, 0.2) is 5.78 Å². The van der Waals surface area contributed by atoms with Gasteiger partial charge >= 0.3 is 5.97 Å². The van der Waals surface area contributed by atoms with E-state index in [-0.39, 0.29) is 24.0 Å². The van der Waals surface area contributed by atoms with E-state index >= 15 is 0 Å². The number of allylic oxidation sites excluding steroid dienone is 3. The first-order valence-electron chi connectivity index (χ1n) is 12.1. The van der Waals surface area contributed by atoms with Crippen molar-refractivity contribution in [2.24, 2.45) is 0 Å². The Hall–Kier alpha value is -4.04. The molecule has 2 atom stereocenters. The molecule has 0 radical (unpaired) electrons. The number of dihydropyridines is 1. The van der Waals surface area contributed by atoms with E-state index in [0.717, 1.165) is 16.1 Å². The molecule has 1 aromatic heterocycles. The molecule has 37 heavy (non-hydrogen) atoms. The van der Waals surface area contributed by atoms with Crippen LogP contribution in [0.1, 0.15) is 47.6 Å². The van der Waals surface area contributed by atoms with Gasteiger partial charge in [-0.05, 0) is 35.9 Å². The maximum Gasteiger partial charge on any atom is 0.336 e. The number of ether oxygens (including phenoxy) is 1. The summed E-state index contributed by atoms with van der Waals surface area (Å²) < 4.78 is 5.68. The minimum atomic E-state index is -0.739. The monoisotopic (exact) mass is 514 g/mol. The van der Waals surface area contributed by atoms with Crippen molar-refractivity contribution in [3.05, 3.63) is 121 Å². The number of hydrogen-bond donors (Lipinski definition) is 1. The molecule has 0 spiro atoms. The van der Waals surface area contributed by atoms with Crippen LogP contribution in [0.3, 0.4) is 0 Å². The second-order valence-electron chi connectivity index (χ2n) is 9.26. The maximum atomic E-state index is 13.6. The summed E-state index contributed by atoms with van der Waals surface area (Å²) in [4.78, 5) is 39.3. The third-order valence-corrected chi connectivity index (χ3v) is 7.91. The summed E-state index contributed by atoms with van der Waals surface area (Å²) in [6.07, 6.45) is 1.51. The van der Waals surface area contributed by atoms with Gasteiger partial charge in [-0.1, -0.05) is 48.5 Å². The molecule has 1 aliphatic carbocycles. The molecular formula is C29H26N2O5S. The van der Waals surface area contributed by atoms with Crippen LogP contribution in [0.4, 0.5) is 5.69 Å². The van der Waals surface area contributed by atoms with Gasteiger partial charge < -0.3 is 10.1 Å². The van der Waals surface area contributed by atoms with Crippen molar-refractivity contribution in [1.29, 1.82) is 0 Å². The molecule has 2 aromatic carbocycles. The molecule has 0 amide bonds. The highest BCUT2D eigenvalue weighted by atomic mass is 32.1. The van der Waals surface area contributed by atoms with Crippen molar-refractivity contribution in [3.8, 4) is 0 Å². The van der Waals surface area contributed by atoms with E-state index in [0.29, 0.717) is 41.7 Å². The second-order valence-corrected chi connectivity index (χ2v) is 10.2. The van der Waals surface area contributed by atoms with Crippen LogP contribution in [0.2, 0.25) is 0 Å². The average molecular weight is 515 g/mol. The minimum Gasteiger partial charge on any atom is -0.462 e. The molecule has 0 saturated carbocycles. The van der Waals surface area contributed by atoms with Crippen molar-refractivity contribution >= 4 is 28.8 Å². The molecule has 0 fully saturated rings. The largest absolute Gasteiger partial charge is 0.462 e. The van der Waals surface area contributed by atoms with Crippen molar-refractivity contribution < 1.29 is 19.2 Å². The summed E-state index contributed by atoms with van der Waals surface area (Å²) in [6, 6.07) is 19.9. The summed E-state index contributed by atoms with van der Waals surface area (Å²) in [7, 11) is 0. The minimum absolute atomic E-state index is 0.0525. The Balaban J connectivity index is 1.50. The predicted octanol–water partition coefficient (Wildman–Crippen LogP) is 5.80. The van der Waals surface area contributed by atoms with Crippen LogP contribution in [0.15, 0.2) is 94.7 Å². The topological polar surface area (TPSA) is 98.5 Å². The standard InChI is InChI=1S/C29H26N2O5S/c1-18-26(29(33)36-13-12-19-7-3-2-4-8-19)27(20-9-5-10-22(15-20)31(34)35)28-23(30-18)16-21(17-24(28)32)25-11-6-14-37-25/h2-11,14-15,21,27,30H,12-13,16-17H2,1H3/t21-,27-/m1/s1. The number of nitro groups is 1. The Labute approximate surface area is 218 Å². The zero-order chi connectivity index (χ0) is 25.9. The lowest BCUT2D eigenvalue weighted by Gasteiger charge is -2.36. The summed E-state index contributed by atoms with van der Waals surface area (Å²) in [5.41, 5.74) is 3.66. The number of nitro benzene ring substituents is 1. The molecule has 1 aliphatic heterocycles. The molecular weight excluding hydrogens is 488 g/mol. The Bertz CT molecular complexity index is 1410. The van der Waals surface area contributed by atoms with Crippen molar-refractivity contribution in [1.82, 2.24) is 5.32 Å². The van der Waals surface area contributed by atoms with Crippen molar-refractivity contribution in [2.75, 3.05) is 6.61 Å². The lowest BCUT2D eigenvalue weighted by molar-refractivity contribution is -0.384. The highest BCUT2D eigenvalue weighted by molar-refractivity contribution is 7.10. The Kier molecular flexibility index (Phi) is 7.01. The molecule has 8 heteroatoms. The number of carbonyl (C=O) groups is 2. The van der Waals surface area contributed by atoms with E-state index in [1.54, 1.807) is 30.4 Å². The molecule has 2 heterocycles. The highest BCUT2D eigenvalue weighted by Crippen LogP contribution is 2.46. The number of carbonyl (C=O) groups excluding carboxylic acids is 2. The number of hydrogen-bond acceptors (Lipinski definition) is 7. The summed E-state index contributed by atoms with van der Waals surface area (Å²) >= 11 is 1.62. The summed E-state index contributed by atoms with van der Waals surface area (Å²) in [6.45, 7) is 1.97. The zero-order valence-corrected chi connectivity index (χ0v) is 21.1. The van der Waals surface area contributed by atoms with E-state index in [1.165, 1.54) is 12.1 Å². The van der Waals surface area contributed by atoms with Crippen LogP contribution in [-0.4, -0.2) is 23.3 Å². The number of nitrogens with zero attached hydrogens (tertiary/aromatic N) is 1. The van der Waals surface area contributed by atoms with Gasteiger partial charge in [-0.2, -0.15) is 0 Å². The van der Waals surface area contributed by atoms with Gasteiger partial charge in [-0.15, -0.1) is 11.3 Å². The molecule has 3 aromatic rings. The molecule has 0 bridgehead atoms. The molecule has 1 N–H and O–H groups in total. The van der Waals surface area contributed by atoms with E-state index in [4.69, 9.17) is 4.74 Å². The number of benzene rings is 2. The number of non-ortho nitro benzene ring substituents is 1. The Morgan fingerprint density at radius 1 is 1.11 bits per heavy atom. The maximum absolute atomic E-state index is 13.6. The zero-order valence-electron chi connectivity index (χ0n) is 20.3. The van der Waals surface area contributed by atoms with Gasteiger partial charge in [0.25, 0.3) is 5.69 Å². The molecule has 0 unspecified atom stereocenters. The molecule has 188 valence electrons. The van der Waals surface area contributed by atoms with E-state index in [2.05, 4.69) is 5.32 Å². The lowest BCUT2D eigenvalue weighted by Crippen LogP contribution is -2.36. The third kappa shape index (κ3) is 5.11. The van der Waals surface area contributed by atoms with E-state index in [9.17, 15) is 19.7 Å². The fraction of sp³-hybridized carbons (Fsp3) is 0.241. The molecule has 7 nitrogen and oxygen atoms in total. The van der Waals surface area contributed by atoms with Gasteiger partial charge in [-0.25, -0.2) is 4.79 Å². The van der Waals surface area contributed by atoms with Gasteiger partial charge in [-0.3, -0.25) is 14.9 Å². The highest BCUT2D eigenvalue weighted by Gasteiger charge is 2.42. The van der Waals surface area contributed by atoms with Crippen LogP contribution >= 0.6 is 11.3 Å². The first kappa shape index (κ1) is 24.6. The number of rotatable bonds is 7. The van der Waals surface area contributed by atoms with Crippen LogP contribution in [0, 0.1) is 10.1 Å². The van der Waals surface area contributed by atoms with Crippen molar-refractivity contribution in [2.45, 2.75) is 38.0 Å². The second kappa shape index (κ2) is 10.5. The molecule has 0 saturated heterocycles. The summed E-state index contributed by atoms with van der Waals surface area (Å²) in [5.74, 6) is -1.28. The van der Waals surface area contributed by atoms with Gasteiger partial charge in [0.2, 0.25) is 0 Å². The Morgan fingerprint density at radius 3 is 2.65 bits per heavy atom. The number of esters is 1. The van der Waals surface area contributed by atoms with Gasteiger partial charge in [0.1, 0.15) is 0 Å². The summed E-state index contributed by atoms with van der Waals surface area (Å²) in [5, 5.41) is 16.8. The first-order valence-corrected chi connectivity index (χ1v) is 13.0. The van der Waals surface area contributed by atoms with Crippen LogP contribution < -0.4 is 5.32 Å². The predicted molar refractivity (Wildman–Crippen MR) is 141 cm³/mol. The van der Waals surface area contributed by atoms with Gasteiger partial charge in [0.05, 0.1) is 17.1 Å². The fourth-order valence-corrected chi connectivity index (χ4v) is 6.00. The lowest BCUT2D eigenvalue weighted by atomic mass is 9.72. The molecule has 5 rings (SSSR count). The van der Waals surface area contributed by atoms with Crippen LogP contribution in [0.5, 0.6) is 0 Å². The fourth-order valence-electron chi connectivity index (χ4n) is 5.17. The third-order valence-electron chi connectivity index (χ3n) is 6.87. The smallest absolute Gasteiger partial charge is 0.336 e. The number of Topliss-reactive ketones (excluding diaryl/α,β-unsaturated/α-hetero) is 1. The molecule has 2 aliphatic rings. The normalized spacial score (nSPS) is 19.3. The first-order chi connectivity index (χ1) is 17.9. The van der Waals surface area contributed by atoms with Gasteiger partial charge in [0, 0.05) is 58.7 Å². The van der Waals surface area contributed by atoms with E-state index in [1.807, 2.05) is 47.8 Å². The number of nitrogens with one attached hydrogen (secondary N) is 1. The SMILES string of the molecule is CC1=C(C(=O)OCCc2ccccc2)[C@@H](c2cccc([N+](=O)[O-])c2)C2=C(C[C@@H](c3cccs3)CC2=O)N1. The van der Waals surface area contributed by atoms with Crippen LogP contribution in [-0.2, 0) is 20.7 Å². The quantitative estimate of drug-likeness (QED) is 0.243. The number of thiophene rings is 1.